The smallest absolute Gasteiger partial charge is 0.255 e. The molecule has 7 heteroatoms. The summed E-state index contributed by atoms with van der Waals surface area (Å²) >= 11 is 11.7. The summed E-state index contributed by atoms with van der Waals surface area (Å²) < 4.78 is 0. The Hall–Kier alpha value is -1.85. The van der Waals surface area contributed by atoms with Crippen molar-refractivity contribution >= 4 is 40.5 Å². The molecule has 104 valence electrons. The van der Waals surface area contributed by atoms with E-state index in [0.717, 1.165) is 5.69 Å². The summed E-state index contributed by atoms with van der Waals surface area (Å²) in [6, 6.07) is 7.13. The van der Waals surface area contributed by atoms with Crippen molar-refractivity contribution in [1.82, 2.24) is 9.97 Å². The minimum absolute atomic E-state index is 0.100. The van der Waals surface area contributed by atoms with Gasteiger partial charge in [-0.3, -0.25) is 4.79 Å². The van der Waals surface area contributed by atoms with Gasteiger partial charge in [0.15, 0.2) is 10.3 Å². The maximum atomic E-state index is 12.1. The van der Waals surface area contributed by atoms with E-state index in [-0.39, 0.29) is 21.9 Å². The summed E-state index contributed by atoms with van der Waals surface area (Å²) in [5.74, 6) is -0.325. The van der Waals surface area contributed by atoms with Gasteiger partial charge in [-0.25, -0.2) is 9.97 Å². The third kappa shape index (κ3) is 3.18. The molecular weight excluding hydrogens is 299 g/mol. The van der Waals surface area contributed by atoms with Gasteiger partial charge in [-0.05, 0) is 24.3 Å². The van der Waals surface area contributed by atoms with Gasteiger partial charge in [0.05, 0.1) is 0 Å². The van der Waals surface area contributed by atoms with Crippen LogP contribution in [0.3, 0.4) is 0 Å². The molecule has 1 heterocycles. The van der Waals surface area contributed by atoms with Crippen LogP contribution in [0.25, 0.3) is 0 Å². The standard InChI is InChI=1S/C13H12Cl2N4O/c1-19(2)9-5-3-8(4-6-9)13(20)18-10-11(14)16-7-17-12(10)15/h3-7H,1-2H3,(H,18,20). The summed E-state index contributed by atoms with van der Waals surface area (Å²) in [6.07, 6.45) is 1.23. The molecule has 0 saturated carbocycles. The molecule has 5 nitrogen and oxygen atoms in total. The van der Waals surface area contributed by atoms with Crippen molar-refractivity contribution < 1.29 is 4.79 Å². The zero-order chi connectivity index (χ0) is 14.7. The highest BCUT2D eigenvalue weighted by atomic mass is 35.5. The second kappa shape index (κ2) is 6.07. The Kier molecular flexibility index (Phi) is 4.42. The first-order chi connectivity index (χ1) is 9.49. The minimum atomic E-state index is -0.325. The number of carbonyl (C=O) groups excluding carboxylic acids is 1. The molecule has 1 N–H and O–H groups in total. The van der Waals surface area contributed by atoms with Crippen molar-refractivity contribution in [2.75, 3.05) is 24.3 Å². The molecule has 0 radical (unpaired) electrons. The first-order valence-corrected chi connectivity index (χ1v) is 6.49. The molecule has 0 unspecified atom stereocenters. The van der Waals surface area contributed by atoms with E-state index in [1.165, 1.54) is 6.33 Å². The van der Waals surface area contributed by atoms with Crippen molar-refractivity contribution in [2.24, 2.45) is 0 Å². The normalized spacial score (nSPS) is 10.2. The molecule has 0 spiro atoms. The van der Waals surface area contributed by atoms with Crippen LogP contribution < -0.4 is 10.2 Å². The van der Waals surface area contributed by atoms with Gasteiger partial charge >= 0.3 is 0 Å². The molecule has 0 aliphatic heterocycles. The van der Waals surface area contributed by atoms with Crippen LogP contribution in [0.2, 0.25) is 10.3 Å². The lowest BCUT2D eigenvalue weighted by atomic mass is 10.2. The fraction of sp³-hybridized carbons (Fsp3) is 0.154. The molecule has 1 aromatic carbocycles. The van der Waals surface area contributed by atoms with E-state index in [4.69, 9.17) is 23.2 Å². The highest BCUT2D eigenvalue weighted by Crippen LogP contribution is 2.26. The molecule has 2 rings (SSSR count). The number of halogens is 2. The van der Waals surface area contributed by atoms with Gasteiger partial charge in [0.1, 0.15) is 12.0 Å². The van der Waals surface area contributed by atoms with E-state index in [2.05, 4.69) is 15.3 Å². The van der Waals surface area contributed by atoms with Crippen LogP contribution in [-0.4, -0.2) is 30.0 Å². The zero-order valence-electron chi connectivity index (χ0n) is 10.9. The Morgan fingerprint density at radius 1 is 1.10 bits per heavy atom. The number of anilines is 2. The number of benzene rings is 1. The Morgan fingerprint density at radius 3 is 2.15 bits per heavy atom. The largest absolute Gasteiger partial charge is 0.378 e. The first kappa shape index (κ1) is 14.6. The van der Waals surface area contributed by atoms with Crippen LogP contribution in [0.5, 0.6) is 0 Å². The Balaban J connectivity index is 2.20. The van der Waals surface area contributed by atoms with Crippen LogP contribution in [0.1, 0.15) is 10.4 Å². The number of hydrogen-bond acceptors (Lipinski definition) is 4. The highest BCUT2D eigenvalue weighted by molar-refractivity contribution is 6.38. The van der Waals surface area contributed by atoms with Crippen LogP contribution in [-0.2, 0) is 0 Å². The zero-order valence-corrected chi connectivity index (χ0v) is 12.4. The van der Waals surface area contributed by atoms with E-state index in [0.29, 0.717) is 5.56 Å². The van der Waals surface area contributed by atoms with Crippen molar-refractivity contribution in [2.45, 2.75) is 0 Å². The Morgan fingerprint density at radius 2 is 1.65 bits per heavy atom. The predicted molar refractivity (Wildman–Crippen MR) is 80.8 cm³/mol. The SMILES string of the molecule is CN(C)c1ccc(C(=O)Nc2c(Cl)ncnc2Cl)cc1. The summed E-state index contributed by atoms with van der Waals surface area (Å²) in [6.45, 7) is 0. The van der Waals surface area contributed by atoms with Crippen molar-refractivity contribution in [1.29, 1.82) is 0 Å². The lowest BCUT2D eigenvalue weighted by Crippen LogP contribution is -2.14. The van der Waals surface area contributed by atoms with Crippen molar-refractivity contribution in [3.05, 3.63) is 46.5 Å². The van der Waals surface area contributed by atoms with Crippen LogP contribution >= 0.6 is 23.2 Å². The minimum Gasteiger partial charge on any atom is -0.378 e. The quantitative estimate of drug-likeness (QED) is 0.885. The van der Waals surface area contributed by atoms with E-state index in [1.807, 2.05) is 31.1 Å². The molecule has 0 bridgehead atoms. The second-order valence-electron chi connectivity index (χ2n) is 4.23. The molecule has 1 amide bonds. The lowest BCUT2D eigenvalue weighted by Gasteiger charge is -2.13. The van der Waals surface area contributed by atoms with Crippen LogP contribution in [0, 0.1) is 0 Å². The lowest BCUT2D eigenvalue weighted by molar-refractivity contribution is 0.102. The number of rotatable bonds is 3. The maximum absolute atomic E-state index is 12.1. The molecule has 0 saturated heterocycles. The van der Waals surface area contributed by atoms with Gasteiger partial charge in [-0.2, -0.15) is 0 Å². The molecule has 0 atom stereocenters. The van der Waals surface area contributed by atoms with Gasteiger partial charge in [0.25, 0.3) is 5.91 Å². The summed E-state index contributed by atoms with van der Waals surface area (Å²) in [5.41, 5.74) is 1.70. The molecular formula is C13H12Cl2N4O. The summed E-state index contributed by atoms with van der Waals surface area (Å²) in [7, 11) is 3.85. The van der Waals surface area contributed by atoms with Crippen LogP contribution in [0.15, 0.2) is 30.6 Å². The Labute approximate surface area is 126 Å². The van der Waals surface area contributed by atoms with E-state index >= 15 is 0 Å². The van der Waals surface area contributed by atoms with Gasteiger partial charge < -0.3 is 10.2 Å². The number of hydrogen-bond donors (Lipinski definition) is 1. The number of amides is 1. The molecule has 0 fully saturated rings. The topological polar surface area (TPSA) is 58.1 Å². The highest BCUT2D eigenvalue weighted by Gasteiger charge is 2.13. The van der Waals surface area contributed by atoms with Gasteiger partial charge in [-0.1, -0.05) is 23.2 Å². The number of nitrogens with zero attached hydrogens (tertiary/aromatic N) is 3. The molecule has 20 heavy (non-hydrogen) atoms. The first-order valence-electron chi connectivity index (χ1n) is 5.74. The number of aromatic nitrogens is 2. The predicted octanol–water partition coefficient (Wildman–Crippen LogP) is 3.10. The van der Waals surface area contributed by atoms with E-state index < -0.39 is 0 Å². The number of nitrogens with one attached hydrogen (secondary N) is 1. The summed E-state index contributed by atoms with van der Waals surface area (Å²) in [4.78, 5) is 21.6. The van der Waals surface area contributed by atoms with Gasteiger partial charge in [0, 0.05) is 25.3 Å². The van der Waals surface area contributed by atoms with Crippen LogP contribution in [0.4, 0.5) is 11.4 Å². The Bertz CT molecular complexity index is 609. The molecule has 0 aliphatic rings. The molecule has 0 aliphatic carbocycles. The van der Waals surface area contributed by atoms with Gasteiger partial charge in [0.2, 0.25) is 0 Å². The van der Waals surface area contributed by atoms with E-state index in [9.17, 15) is 4.79 Å². The third-order valence-electron chi connectivity index (χ3n) is 2.64. The monoisotopic (exact) mass is 310 g/mol. The number of carbonyl (C=O) groups is 1. The molecule has 2 aromatic rings. The van der Waals surface area contributed by atoms with Crippen molar-refractivity contribution in [3.8, 4) is 0 Å². The van der Waals surface area contributed by atoms with E-state index in [1.54, 1.807) is 12.1 Å². The average Bonchev–Trinajstić information content (AvgIpc) is 2.43. The second-order valence-corrected chi connectivity index (χ2v) is 4.94. The third-order valence-corrected chi connectivity index (χ3v) is 3.21. The maximum Gasteiger partial charge on any atom is 0.255 e. The van der Waals surface area contributed by atoms with Gasteiger partial charge in [-0.15, -0.1) is 0 Å². The van der Waals surface area contributed by atoms with Crippen molar-refractivity contribution in [3.63, 3.8) is 0 Å². The average molecular weight is 311 g/mol. The molecule has 1 aromatic heterocycles. The summed E-state index contributed by atoms with van der Waals surface area (Å²) in [5, 5.41) is 2.80. The fourth-order valence-electron chi connectivity index (χ4n) is 1.54. The fourth-order valence-corrected chi connectivity index (χ4v) is 1.95.